The molecule has 0 saturated heterocycles. The molecule has 1 aromatic rings. The Kier molecular flexibility index (Phi) is 4.45. The molecular formula is C15H18FNO4. The van der Waals surface area contributed by atoms with Crippen LogP contribution < -0.4 is 5.32 Å². The smallest absolute Gasteiger partial charge is 0.329 e. The Balaban J connectivity index is 2.28. The van der Waals surface area contributed by atoms with Crippen LogP contribution in [0.5, 0.6) is 5.75 Å². The molecule has 0 bridgehead atoms. The topological polar surface area (TPSA) is 86.6 Å². The van der Waals surface area contributed by atoms with Crippen molar-refractivity contribution in [2.75, 3.05) is 0 Å². The zero-order chi connectivity index (χ0) is 15.5. The van der Waals surface area contributed by atoms with Crippen LogP contribution in [0, 0.1) is 5.82 Å². The number of nitrogens with one attached hydrogen (secondary N) is 1. The van der Waals surface area contributed by atoms with Gasteiger partial charge in [0.25, 0.3) is 5.91 Å². The minimum atomic E-state index is -1.39. The molecular weight excluding hydrogens is 277 g/mol. The molecule has 6 heteroatoms. The van der Waals surface area contributed by atoms with Gasteiger partial charge in [-0.15, -0.1) is 0 Å². The quantitative estimate of drug-likeness (QED) is 0.747. The van der Waals surface area contributed by atoms with Crippen molar-refractivity contribution >= 4 is 11.9 Å². The van der Waals surface area contributed by atoms with Crippen LogP contribution >= 0.6 is 0 Å². The van der Waals surface area contributed by atoms with Gasteiger partial charge in [0.05, 0.1) is 0 Å². The largest absolute Gasteiger partial charge is 0.507 e. The monoisotopic (exact) mass is 295 g/mol. The second-order valence-corrected chi connectivity index (χ2v) is 5.39. The van der Waals surface area contributed by atoms with Crippen molar-refractivity contribution in [3.05, 3.63) is 29.6 Å². The molecule has 21 heavy (non-hydrogen) atoms. The highest BCUT2D eigenvalue weighted by molar-refractivity contribution is 6.00. The number of carboxylic acids is 1. The van der Waals surface area contributed by atoms with E-state index in [1.165, 1.54) is 12.1 Å². The summed E-state index contributed by atoms with van der Waals surface area (Å²) in [6.45, 7) is 0. The van der Waals surface area contributed by atoms with Crippen molar-refractivity contribution < 1.29 is 24.2 Å². The van der Waals surface area contributed by atoms with Crippen LogP contribution in [0.3, 0.4) is 0 Å². The summed E-state index contributed by atoms with van der Waals surface area (Å²) in [6, 6.07) is 3.52. The second kappa shape index (κ2) is 6.11. The lowest BCUT2D eigenvalue weighted by atomic mass is 9.89. The molecule has 1 aliphatic carbocycles. The molecule has 1 saturated carbocycles. The third-order valence-electron chi connectivity index (χ3n) is 3.94. The van der Waals surface area contributed by atoms with Crippen LogP contribution in [-0.2, 0) is 4.79 Å². The van der Waals surface area contributed by atoms with Gasteiger partial charge in [-0.3, -0.25) is 4.79 Å². The Hall–Kier alpha value is -2.11. The van der Waals surface area contributed by atoms with E-state index in [0.29, 0.717) is 25.7 Å². The molecule has 5 nitrogen and oxygen atoms in total. The lowest BCUT2D eigenvalue weighted by molar-refractivity contribution is -0.145. The molecule has 1 aliphatic rings. The van der Waals surface area contributed by atoms with E-state index in [4.69, 9.17) is 0 Å². The van der Waals surface area contributed by atoms with Gasteiger partial charge < -0.3 is 15.5 Å². The summed E-state index contributed by atoms with van der Waals surface area (Å²) in [4.78, 5) is 23.8. The maximum absolute atomic E-state index is 13.7. The van der Waals surface area contributed by atoms with E-state index < -0.39 is 34.5 Å². The van der Waals surface area contributed by atoms with Gasteiger partial charge in [-0.05, 0) is 25.0 Å². The Labute approximate surface area is 121 Å². The number of hydrogen-bond acceptors (Lipinski definition) is 3. The molecule has 1 amide bonds. The van der Waals surface area contributed by atoms with Gasteiger partial charge in [-0.2, -0.15) is 0 Å². The second-order valence-electron chi connectivity index (χ2n) is 5.39. The summed E-state index contributed by atoms with van der Waals surface area (Å²) in [6.07, 6.45) is 3.82. The number of aliphatic carboxylic acids is 1. The van der Waals surface area contributed by atoms with Crippen molar-refractivity contribution in [1.29, 1.82) is 0 Å². The van der Waals surface area contributed by atoms with Gasteiger partial charge in [0.1, 0.15) is 22.7 Å². The molecule has 0 unspecified atom stereocenters. The number of phenolic OH excluding ortho intramolecular Hbond substituents is 1. The predicted molar refractivity (Wildman–Crippen MR) is 73.6 cm³/mol. The number of phenols is 1. The molecule has 0 atom stereocenters. The van der Waals surface area contributed by atoms with Crippen molar-refractivity contribution in [1.82, 2.24) is 5.32 Å². The Morgan fingerprint density at radius 3 is 2.29 bits per heavy atom. The number of hydrogen-bond donors (Lipinski definition) is 3. The van der Waals surface area contributed by atoms with Gasteiger partial charge in [0.2, 0.25) is 0 Å². The first kappa shape index (κ1) is 15.3. The van der Waals surface area contributed by atoms with E-state index in [1.54, 1.807) is 0 Å². The van der Waals surface area contributed by atoms with Crippen LogP contribution in [-0.4, -0.2) is 27.6 Å². The lowest BCUT2D eigenvalue weighted by Gasteiger charge is -2.29. The number of halogens is 1. The molecule has 0 radical (unpaired) electrons. The highest BCUT2D eigenvalue weighted by Gasteiger charge is 2.40. The summed E-state index contributed by atoms with van der Waals surface area (Å²) < 4.78 is 13.7. The van der Waals surface area contributed by atoms with Gasteiger partial charge in [0, 0.05) is 0 Å². The number of carbonyl (C=O) groups is 2. The maximum Gasteiger partial charge on any atom is 0.329 e. The normalized spacial score (nSPS) is 17.8. The van der Waals surface area contributed by atoms with Gasteiger partial charge in [-0.25, -0.2) is 9.18 Å². The number of carbonyl (C=O) groups excluding carboxylic acids is 1. The van der Waals surface area contributed by atoms with E-state index in [1.807, 2.05) is 0 Å². The number of benzene rings is 1. The summed E-state index contributed by atoms with van der Waals surface area (Å²) in [5.74, 6) is -3.38. The number of carboxylic acid groups (broad SMARTS) is 1. The van der Waals surface area contributed by atoms with E-state index >= 15 is 0 Å². The van der Waals surface area contributed by atoms with Gasteiger partial charge in [0.15, 0.2) is 0 Å². The van der Waals surface area contributed by atoms with Crippen molar-refractivity contribution in [2.24, 2.45) is 0 Å². The van der Waals surface area contributed by atoms with Crippen LogP contribution in [0.15, 0.2) is 18.2 Å². The number of rotatable bonds is 3. The molecule has 114 valence electrons. The fraction of sp³-hybridized carbons (Fsp3) is 0.467. The van der Waals surface area contributed by atoms with Crippen LogP contribution in [0.2, 0.25) is 0 Å². The average Bonchev–Trinajstić information content (AvgIpc) is 2.65. The molecule has 2 rings (SSSR count). The molecule has 0 aliphatic heterocycles. The third-order valence-corrected chi connectivity index (χ3v) is 3.94. The highest BCUT2D eigenvalue weighted by atomic mass is 19.1. The van der Waals surface area contributed by atoms with Crippen molar-refractivity contribution in [2.45, 2.75) is 44.1 Å². The zero-order valence-electron chi connectivity index (χ0n) is 11.6. The first-order valence-corrected chi connectivity index (χ1v) is 7.00. The van der Waals surface area contributed by atoms with Gasteiger partial charge in [-0.1, -0.05) is 31.7 Å². The summed E-state index contributed by atoms with van der Waals surface area (Å²) >= 11 is 0. The first-order valence-electron chi connectivity index (χ1n) is 7.00. The highest BCUT2D eigenvalue weighted by Crippen LogP contribution is 2.29. The van der Waals surface area contributed by atoms with E-state index in [2.05, 4.69) is 5.32 Å². The molecule has 1 fully saturated rings. The Morgan fingerprint density at radius 1 is 1.14 bits per heavy atom. The molecule has 1 aromatic carbocycles. The van der Waals surface area contributed by atoms with E-state index in [-0.39, 0.29) is 0 Å². The standard InChI is InChI=1S/C15H18FNO4/c16-10-6-5-7-11(18)12(10)13(19)17-15(14(20)21)8-3-1-2-4-9-15/h5-7,18H,1-4,8-9H2,(H,17,19)(H,20,21). The molecule has 0 heterocycles. The van der Waals surface area contributed by atoms with Gasteiger partial charge >= 0.3 is 5.97 Å². The third kappa shape index (κ3) is 3.15. The van der Waals surface area contributed by atoms with Crippen molar-refractivity contribution in [3.8, 4) is 5.75 Å². The fourth-order valence-corrected chi connectivity index (χ4v) is 2.74. The van der Waals surface area contributed by atoms with Crippen LogP contribution in [0.25, 0.3) is 0 Å². The maximum atomic E-state index is 13.7. The average molecular weight is 295 g/mol. The lowest BCUT2D eigenvalue weighted by Crippen LogP contribution is -2.54. The van der Waals surface area contributed by atoms with Crippen molar-refractivity contribution in [3.63, 3.8) is 0 Å². The van der Waals surface area contributed by atoms with E-state index in [0.717, 1.165) is 18.9 Å². The number of aromatic hydroxyl groups is 1. The fourth-order valence-electron chi connectivity index (χ4n) is 2.74. The predicted octanol–water partition coefficient (Wildman–Crippen LogP) is 2.44. The number of amides is 1. The summed E-state index contributed by atoms with van der Waals surface area (Å²) in [5, 5.41) is 21.5. The summed E-state index contributed by atoms with van der Waals surface area (Å²) in [7, 11) is 0. The Morgan fingerprint density at radius 2 is 1.76 bits per heavy atom. The summed E-state index contributed by atoms with van der Waals surface area (Å²) in [5.41, 5.74) is -1.90. The minimum Gasteiger partial charge on any atom is -0.507 e. The first-order chi connectivity index (χ1) is 9.96. The molecule has 0 spiro atoms. The molecule has 3 N–H and O–H groups in total. The van der Waals surface area contributed by atoms with Crippen LogP contribution in [0.4, 0.5) is 4.39 Å². The van der Waals surface area contributed by atoms with E-state index in [9.17, 15) is 24.2 Å². The Bertz CT molecular complexity index is 530. The minimum absolute atomic E-state index is 0.309. The SMILES string of the molecule is O=C(NC1(C(=O)O)CCCCCC1)c1c(O)cccc1F. The van der Waals surface area contributed by atoms with Crippen LogP contribution in [0.1, 0.15) is 48.9 Å². The molecule has 0 aromatic heterocycles. The zero-order valence-corrected chi connectivity index (χ0v) is 11.6.